The molecule has 1 unspecified atom stereocenters. The lowest BCUT2D eigenvalue weighted by Crippen LogP contribution is -2.15. The summed E-state index contributed by atoms with van der Waals surface area (Å²) in [5, 5.41) is 0. The van der Waals surface area contributed by atoms with E-state index in [1.165, 1.54) is 48.8 Å². The van der Waals surface area contributed by atoms with Gasteiger partial charge in [0.2, 0.25) is 0 Å². The third-order valence-corrected chi connectivity index (χ3v) is 4.62. The predicted octanol–water partition coefficient (Wildman–Crippen LogP) is 6.01. The van der Waals surface area contributed by atoms with Crippen molar-refractivity contribution in [1.29, 1.82) is 0 Å². The second kappa shape index (κ2) is 7.72. The summed E-state index contributed by atoms with van der Waals surface area (Å²) in [4.78, 5) is 0. The predicted molar refractivity (Wildman–Crippen MR) is 86.8 cm³/mol. The fourth-order valence-corrected chi connectivity index (χ4v) is 3.21. The molecule has 19 heavy (non-hydrogen) atoms. The van der Waals surface area contributed by atoms with Crippen LogP contribution in [0.1, 0.15) is 68.7 Å². The zero-order valence-corrected chi connectivity index (χ0v) is 13.8. The molecule has 0 aliphatic rings. The first-order valence-corrected chi connectivity index (χ1v) is 8.06. The first-order valence-electron chi connectivity index (χ1n) is 8.06. The second-order valence-electron chi connectivity index (χ2n) is 6.38. The average Bonchev–Trinajstić information content (AvgIpc) is 2.35. The van der Waals surface area contributed by atoms with Gasteiger partial charge in [0.1, 0.15) is 0 Å². The zero-order valence-electron chi connectivity index (χ0n) is 13.8. The molecule has 0 aliphatic carbocycles. The second-order valence-corrected chi connectivity index (χ2v) is 6.38. The van der Waals surface area contributed by atoms with Gasteiger partial charge in [-0.25, -0.2) is 0 Å². The van der Waals surface area contributed by atoms with Crippen LogP contribution in [-0.4, -0.2) is 0 Å². The van der Waals surface area contributed by atoms with E-state index in [1.807, 2.05) is 0 Å². The first kappa shape index (κ1) is 16.3. The van der Waals surface area contributed by atoms with Crippen molar-refractivity contribution in [3.8, 4) is 0 Å². The van der Waals surface area contributed by atoms with Gasteiger partial charge in [-0.15, -0.1) is 0 Å². The highest BCUT2D eigenvalue weighted by Crippen LogP contribution is 2.28. The maximum absolute atomic E-state index is 2.45. The summed E-state index contributed by atoms with van der Waals surface area (Å²) in [6, 6.07) is 4.77. The minimum absolute atomic E-state index is 0.806. The molecule has 108 valence electrons. The molecule has 0 saturated carbocycles. The van der Waals surface area contributed by atoms with Crippen LogP contribution in [0, 0.1) is 32.6 Å². The Balaban J connectivity index is 2.79. The van der Waals surface area contributed by atoms with E-state index in [4.69, 9.17) is 0 Å². The molecule has 0 heterocycles. The standard InChI is InChI=1S/C19H32/c1-7-9-18(10-8-2)17(6)13-19-12-15(4)14(3)11-16(19)5/h11-12,17-18H,7-10,13H2,1-6H3. The Morgan fingerprint density at radius 2 is 1.37 bits per heavy atom. The van der Waals surface area contributed by atoms with E-state index in [-0.39, 0.29) is 0 Å². The molecule has 0 aliphatic heterocycles. The monoisotopic (exact) mass is 260 g/mol. The van der Waals surface area contributed by atoms with Gasteiger partial charge in [0.15, 0.2) is 0 Å². The van der Waals surface area contributed by atoms with E-state index in [9.17, 15) is 0 Å². The van der Waals surface area contributed by atoms with Crippen molar-refractivity contribution in [1.82, 2.24) is 0 Å². The molecule has 1 rings (SSSR count). The number of rotatable bonds is 7. The normalized spacial score (nSPS) is 13.0. The van der Waals surface area contributed by atoms with Gasteiger partial charge in [0.05, 0.1) is 0 Å². The summed E-state index contributed by atoms with van der Waals surface area (Å²) in [7, 11) is 0. The van der Waals surface area contributed by atoms with Gasteiger partial charge >= 0.3 is 0 Å². The van der Waals surface area contributed by atoms with Crippen molar-refractivity contribution in [3.05, 3.63) is 34.4 Å². The van der Waals surface area contributed by atoms with Crippen LogP contribution in [0.4, 0.5) is 0 Å². The molecule has 0 fully saturated rings. The summed E-state index contributed by atoms with van der Waals surface area (Å²) < 4.78 is 0. The van der Waals surface area contributed by atoms with Gasteiger partial charge in [0.25, 0.3) is 0 Å². The largest absolute Gasteiger partial charge is 0.0654 e. The van der Waals surface area contributed by atoms with E-state index in [1.54, 1.807) is 5.56 Å². The van der Waals surface area contributed by atoms with E-state index in [2.05, 4.69) is 53.7 Å². The van der Waals surface area contributed by atoms with Gasteiger partial charge in [-0.3, -0.25) is 0 Å². The minimum Gasteiger partial charge on any atom is -0.0654 e. The van der Waals surface area contributed by atoms with Crippen molar-refractivity contribution in [2.45, 2.75) is 73.6 Å². The Bertz CT molecular complexity index is 383. The van der Waals surface area contributed by atoms with Crippen LogP contribution in [0.3, 0.4) is 0 Å². The van der Waals surface area contributed by atoms with Crippen LogP contribution in [0.5, 0.6) is 0 Å². The molecule has 0 radical (unpaired) electrons. The molecule has 0 heteroatoms. The summed E-state index contributed by atoms with van der Waals surface area (Å²) in [5.41, 5.74) is 5.90. The molecule has 0 spiro atoms. The Hall–Kier alpha value is -0.780. The van der Waals surface area contributed by atoms with Crippen LogP contribution in [0.15, 0.2) is 12.1 Å². The topological polar surface area (TPSA) is 0 Å². The van der Waals surface area contributed by atoms with Gasteiger partial charge in [-0.05, 0) is 61.3 Å². The zero-order chi connectivity index (χ0) is 14.4. The number of aryl methyl sites for hydroxylation is 3. The van der Waals surface area contributed by atoms with E-state index in [0.717, 1.165) is 11.8 Å². The minimum atomic E-state index is 0.806. The molecule has 0 nitrogen and oxygen atoms in total. The lowest BCUT2D eigenvalue weighted by atomic mass is 9.81. The van der Waals surface area contributed by atoms with Crippen molar-refractivity contribution < 1.29 is 0 Å². The van der Waals surface area contributed by atoms with Crippen molar-refractivity contribution >= 4 is 0 Å². The van der Waals surface area contributed by atoms with Crippen LogP contribution in [-0.2, 0) is 6.42 Å². The van der Waals surface area contributed by atoms with Gasteiger partial charge < -0.3 is 0 Å². The fraction of sp³-hybridized carbons (Fsp3) is 0.684. The number of hydrogen-bond acceptors (Lipinski definition) is 0. The highest BCUT2D eigenvalue weighted by Gasteiger charge is 2.17. The maximum atomic E-state index is 2.45. The summed E-state index contributed by atoms with van der Waals surface area (Å²) in [5.74, 6) is 1.71. The highest BCUT2D eigenvalue weighted by molar-refractivity contribution is 5.36. The summed E-state index contributed by atoms with van der Waals surface area (Å²) in [6.07, 6.45) is 6.66. The molecule has 0 saturated heterocycles. The van der Waals surface area contributed by atoms with Crippen molar-refractivity contribution in [2.24, 2.45) is 11.8 Å². The van der Waals surface area contributed by atoms with Crippen LogP contribution < -0.4 is 0 Å². The summed E-state index contributed by atoms with van der Waals surface area (Å²) >= 11 is 0. The lowest BCUT2D eigenvalue weighted by Gasteiger charge is -2.24. The molecule has 1 atom stereocenters. The average molecular weight is 260 g/mol. The Kier molecular flexibility index (Phi) is 6.62. The number of hydrogen-bond donors (Lipinski definition) is 0. The molecule has 0 aromatic heterocycles. The van der Waals surface area contributed by atoms with E-state index in [0.29, 0.717) is 0 Å². The highest BCUT2D eigenvalue weighted by atomic mass is 14.2. The SMILES string of the molecule is CCCC(CCC)C(C)Cc1cc(C)c(C)cc1C. The molecular weight excluding hydrogens is 228 g/mol. The smallest absolute Gasteiger partial charge is 0.0248 e. The molecular formula is C19H32. The maximum Gasteiger partial charge on any atom is -0.0248 e. The Morgan fingerprint density at radius 1 is 0.842 bits per heavy atom. The third kappa shape index (κ3) is 4.67. The Labute approximate surface area is 120 Å². The van der Waals surface area contributed by atoms with Gasteiger partial charge in [0, 0.05) is 0 Å². The molecule has 0 N–H and O–H groups in total. The third-order valence-electron chi connectivity index (χ3n) is 4.62. The molecule has 1 aromatic carbocycles. The van der Waals surface area contributed by atoms with Gasteiger partial charge in [-0.1, -0.05) is 58.6 Å². The molecule has 1 aromatic rings. The van der Waals surface area contributed by atoms with Crippen molar-refractivity contribution in [3.63, 3.8) is 0 Å². The summed E-state index contributed by atoms with van der Waals surface area (Å²) in [6.45, 7) is 13.8. The molecule has 0 amide bonds. The Morgan fingerprint density at radius 3 is 1.89 bits per heavy atom. The fourth-order valence-electron chi connectivity index (χ4n) is 3.21. The van der Waals surface area contributed by atoms with Crippen molar-refractivity contribution in [2.75, 3.05) is 0 Å². The van der Waals surface area contributed by atoms with Crippen LogP contribution >= 0.6 is 0 Å². The van der Waals surface area contributed by atoms with E-state index >= 15 is 0 Å². The number of benzene rings is 1. The molecule has 0 bridgehead atoms. The lowest BCUT2D eigenvalue weighted by molar-refractivity contribution is 0.308. The quantitative estimate of drug-likeness (QED) is 0.563. The first-order chi connectivity index (χ1) is 8.99. The van der Waals surface area contributed by atoms with Crippen LogP contribution in [0.2, 0.25) is 0 Å². The van der Waals surface area contributed by atoms with E-state index < -0.39 is 0 Å². The van der Waals surface area contributed by atoms with Crippen LogP contribution in [0.25, 0.3) is 0 Å². The van der Waals surface area contributed by atoms with Gasteiger partial charge in [-0.2, -0.15) is 0 Å².